The quantitative estimate of drug-likeness (QED) is 0.634. The van der Waals surface area contributed by atoms with E-state index in [9.17, 15) is 8.78 Å². The molecule has 2 rings (SSSR count). The van der Waals surface area contributed by atoms with E-state index < -0.39 is 30.1 Å². The van der Waals surface area contributed by atoms with E-state index in [0.717, 1.165) is 6.42 Å². The number of halogens is 2. The van der Waals surface area contributed by atoms with Gasteiger partial charge in [0.1, 0.15) is 5.82 Å². The molecule has 2 heterocycles. The zero-order valence-electron chi connectivity index (χ0n) is 13.5. The van der Waals surface area contributed by atoms with E-state index in [1.165, 1.54) is 6.07 Å². The van der Waals surface area contributed by atoms with Crippen LogP contribution in [0.15, 0.2) is 6.07 Å². The smallest absolute Gasteiger partial charge is 0.399 e. The van der Waals surface area contributed by atoms with Crippen molar-refractivity contribution in [1.29, 1.82) is 0 Å². The summed E-state index contributed by atoms with van der Waals surface area (Å²) in [4.78, 5) is 3.88. The third-order valence-electron chi connectivity index (χ3n) is 4.59. The van der Waals surface area contributed by atoms with Gasteiger partial charge in [0.05, 0.1) is 16.7 Å². The summed E-state index contributed by atoms with van der Waals surface area (Å²) in [5.41, 5.74) is -1.13. The van der Waals surface area contributed by atoms with Crippen molar-refractivity contribution in [3.8, 4) is 0 Å². The van der Waals surface area contributed by atoms with Gasteiger partial charge < -0.3 is 9.31 Å². The molecule has 0 radical (unpaired) electrons. The van der Waals surface area contributed by atoms with Gasteiger partial charge in [0.15, 0.2) is 0 Å². The molecule has 6 heteroatoms. The number of nitrogens with zero attached hydrogens (tertiary/aromatic N) is 1. The van der Waals surface area contributed by atoms with Crippen molar-refractivity contribution in [3.63, 3.8) is 0 Å². The Balaban J connectivity index is 2.39. The second-order valence-corrected chi connectivity index (χ2v) is 6.63. The van der Waals surface area contributed by atoms with Crippen LogP contribution in [-0.2, 0) is 9.31 Å². The standard InChI is InChI=1S/C15H22BF2NO2/c1-7-9(2)11-8-10(17)12(13(18)19-11)16-20-14(3,4)15(5,6)21-16/h8-9H,7H2,1-6H3. The first-order valence-electron chi connectivity index (χ1n) is 7.30. The minimum Gasteiger partial charge on any atom is -0.399 e. The molecule has 1 unspecified atom stereocenters. The van der Waals surface area contributed by atoms with Crippen LogP contribution in [0.25, 0.3) is 0 Å². The van der Waals surface area contributed by atoms with E-state index in [1.54, 1.807) is 0 Å². The Morgan fingerprint density at radius 2 is 1.71 bits per heavy atom. The normalized spacial score (nSPS) is 21.6. The summed E-state index contributed by atoms with van der Waals surface area (Å²) < 4.78 is 40.0. The highest BCUT2D eigenvalue weighted by Gasteiger charge is 2.53. The summed E-state index contributed by atoms with van der Waals surface area (Å²) in [5.74, 6) is -1.53. The molecule has 0 aromatic carbocycles. The Morgan fingerprint density at radius 3 is 2.14 bits per heavy atom. The second-order valence-electron chi connectivity index (χ2n) is 6.63. The van der Waals surface area contributed by atoms with Gasteiger partial charge in [-0.25, -0.2) is 9.37 Å². The number of rotatable bonds is 3. The fraction of sp³-hybridized carbons (Fsp3) is 0.667. The molecule has 0 N–H and O–H groups in total. The van der Waals surface area contributed by atoms with Crippen molar-refractivity contribution < 1.29 is 18.1 Å². The highest BCUT2D eigenvalue weighted by Crippen LogP contribution is 2.36. The molecule has 21 heavy (non-hydrogen) atoms. The Bertz CT molecular complexity index is 509. The minimum absolute atomic E-state index is 0.00125. The van der Waals surface area contributed by atoms with Crippen molar-refractivity contribution in [3.05, 3.63) is 23.5 Å². The lowest BCUT2D eigenvalue weighted by molar-refractivity contribution is 0.00578. The van der Waals surface area contributed by atoms with E-state index >= 15 is 0 Å². The van der Waals surface area contributed by atoms with Gasteiger partial charge in [-0.05, 0) is 46.1 Å². The van der Waals surface area contributed by atoms with Gasteiger partial charge in [0, 0.05) is 5.69 Å². The molecular weight excluding hydrogens is 275 g/mol. The maximum Gasteiger partial charge on any atom is 0.502 e. The fourth-order valence-electron chi connectivity index (χ4n) is 2.14. The van der Waals surface area contributed by atoms with Crippen LogP contribution >= 0.6 is 0 Å². The van der Waals surface area contributed by atoms with Gasteiger partial charge in [-0.2, -0.15) is 4.39 Å². The van der Waals surface area contributed by atoms with Crippen molar-refractivity contribution in [2.24, 2.45) is 0 Å². The third kappa shape index (κ3) is 2.83. The van der Waals surface area contributed by atoms with Crippen LogP contribution in [0.2, 0.25) is 0 Å². The summed E-state index contributed by atoms with van der Waals surface area (Å²) in [6, 6.07) is 1.28. The molecule has 1 aromatic heterocycles. The Morgan fingerprint density at radius 1 is 1.19 bits per heavy atom. The van der Waals surface area contributed by atoms with Gasteiger partial charge in [-0.1, -0.05) is 13.8 Å². The lowest BCUT2D eigenvalue weighted by Gasteiger charge is -2.32. The first-order valence-corrected chi connectivity index (χ1v) is 7.30. The predicted molar refractivity (Wildman–Crippen MR) is 78.6 cm³/mol. The summed E-state index contributed by atoms with van der Waals surface area (Å²) in [6.45, 7) is 11.2. The average Bonchev–Trinajstić information content (AvgIpc) is 2.56. The van der Waals surface area contributed by atoms with Crippen LogP contribution in [0.1, 0.15) is 59.6 Å². The van der Waals surface area contributed by atoms with Gasteiger partial charge in [0.2, 0.25) is 5.95 Å². The highest BCUT2D eigenvalue weighted by atomic mass is 19.1. The molecule has 3 nitrogen and oxygen atoms in total. The molecule has 1 fully saturated rings. The summed E-state index contributed by atoms with van der Waals surface area (Å²) in [5, 5.41) is 0. The van der Waals surface area contributed by atoms with Crippen molar-refractivity contribution in [1.82, 2.24) is 4.98 Å². The lowest BCUT2D eigenvalue weighted by atomic mass is 9.79. The SMILES string of the molecule is CCC(C)c1cc(F)c(B2OC(C)(C)C(C)(C)O2)c(F)n1. The molecule has 0 saturated carbocycles. The van der Waals surface area contributed by atoms with Crippen LogP contribution in [0, 0.1) is 11.8 Å². The van der Waals surface area contributed by atoms with Crippen molar-refractivity contribution >= 4 is 12.6 Å². The molecule has 0 aliphatic carbocycles. The number of hydrogen-bond donors (Lipinski definition) is 0. The molecule has 1 saturated heterocycles. The zero-order chi connectivity index (χ0) is 16.0. The summed E-state index contributed by atoms with van der Waals surface area (Å²) >= 11 is 0. The van der Waals surface area contributed by atoms with Crippen molar-refractivity contribution in [2.75, 3.05) is 0 Å². The lowest BCUT2D eigenvalue weighted by Crippen LogP contribution is -2.41. The van der Waals surface area contributed by atoms with Crippen LogP contribution < -0.4 is 5.46 Å². The van der Waals surface area contributed by atoms with E-state index in [4.69, 9.17) is 9.31 Å². The first kappa shape index (κ1) is 16.4. The summed E-state index contributed by atoms with van der Waals surface area (Å²) in [6.07, 6.45) is 0.766. The Hall–Kier alpha value is -1.01. The van der Waals surface area contributed by atoms with E-state index in [1.807, 2.05) is 41.5 Å². The molecule has 1 aromatic rings. The van der Waals surface area contributed by atoms with Crippen molar-refractivity contribution in [2.45, 2.75) is 65.1 Å². The molecule has 116 valence electrons. The Labute approximate surface area is 125 Å². The molecule has 1 atom stereocenters. The zero-order valence-corrected chi connectivity index (χ0v) is 13.5. The van der Waals surface area contributed by atoms with Crippen LogP contribution in [0.4, 0.5) is 8.78 Å². The molecular formula is C15H22BF2NO2. The molecule has 1 aliphatic rings. The van der Waals surface area contributed by atoms with Gasteiger partial charge >= 0.3 is 7.12 Å². The van der Waals surface area contributed by atoms with Crippen LogP contribution in [0.3, 0.4) is 0 Å². The van der Waals surface area contributed by atoms with E-state index in [-0.39, 0.29) is 11.4 Å². The van der Waals surface area contributed by atoms with Crippen LogP contribution in [-0.4, -0.2) is 23.3 Å². The van der Waals surface area contributed by atoms with E-state index in [0.29, 0.717) is 5.69 Å². The molecule has 0 bridgehead atoms. The molecule has 0 spiro atoms. The van der Waals surface area contributed by atoms with Gasteiger partial charge in [-0.15, -0.1) is 0 Å². The number of aromatic nitrogens is 1. The largest absolute Gasteiger partial charge is 0.502 e. The average molecular weight is 297 g/mol. The summed E-state index contributed by atoms with van der Waals surface area (Å²) in [7, 11) is -1.08. The third-order valence-corrected chi connectivity index (χ3v) is 4.59. The van der Waals surface area contributed by atoms with E-state index in [2.05, 4.69) is 4.98 Å². The molecule has 0 amide bonds. The maximum absolute atomic E-state index is 14.3. The van der Waals surface area contributed by atoms with Crippen LogP contribution in [0.5, 0.6) is 0 Å². The maximum atomic E-state index is 14.3. The topological polar surface area (TPSA) is 31.4 Å². The second kappa shape index (κ2) is 5.32. The fourth-order valence-corrected chi connectivity index (χ4v) is 2.14. The monoisotopic (exact) mass is 297 g/mol. The highest BCUT2D eigenvalue weighted by molar-refractivity contribution is 6.62. The predicted octanol–water partition coefficient (Wildman–Crippen LogP) is 3.17. The Kier molecular flexibility index (Phi) is 4.15. The minimum atomic E-state index is -1.08. The number of pyridine rings is 1. The number of hydrogen-bond acceptors (Lipinski definition) is 3. The van der Waals surface area contributed by atoms with Gasteiger partial charge in [0.25, 0.3) is 0 Å². The van der Waals surface area contributed by atoms with Gasteiger partial charge in [-0.3, -0.25) is 0 Å². The first-order chi connectivity index (χ1) is 9.59. The molecule has 1 aliphatic heterocycles.